The first-order chi connectivity index (χ1) is 10.0. The number of rotatable bonds is 7. The van der Waals surface area contributed by atoms with E-state index < -0.39 is 5.97 Å². The number of likely N-dealkylation sites (tertiary alicyclic amines) is 1. The first kappa shape index (κ1) is 17.3. The average Bonchev–Trinajstić information content (AvgIpc) is 2.93. The van der Waals surface area contributed by atoms with Gasteiger partial charge in [-0.2, -0.15) is 0 Å². The smallest absolute Gasteiger partial charge is 0.318 e. The summed E-state index contributed by atoms with van der Waals surface area (Å²) in [4.78, 5) is 38.2. The first-order valence-corrected chi connectivity index (χ1v) is 7.56. The van der Waals surface area contributed by atoms with Crippen molar-refractivity contribution in [1.29, 1.82) is 0 Å². The van der Waals surface area contributed by atoms with Gasteiger partial charge in [-0.3, -0.25) is 9.59 Å². The van der Waals surface area contributed by atoms with Crippen molar-refractivity contribution in [2.75, 3.05) is 26.2 Å². The van der Waals surface area contributed by atoms with Gasteiger partial charge in [0.25, 0.3) is 0 Å². The third kappa shape index (κ3) is 4.91. The number of carbonyl (C=O) groups is 3. The molecule has 0 saturated carbocycles. The Morgan fingerprint density at radius 3 is 2.52 bits per heavy atom. The Balaban J connectivity index is 2.50. The Kier molecular flexibility index (Phi) is 6.98. The summed E-state index contributed by atoms with van der Waals surface area (Å²) in [6, 6.07) is -0.659. The number of likely N-dealkylation sites (N-methyl/N-ethyl adjacent to an activating group) is 1. The number of carboxylic acid groups (broad SMARTS) is 1. The summed E-state index contributed by atoms with van der Waals surface area (Å²) in [6.07, 6.45) is 1.93. The summed E-state index contributed by atoms with van der Waals surface area (Å²) >= 11 is 0. The summed E-state index contributed by atoms with van der Waals surface area (Å²) < 4.78 is 0. The molecule has 7 nitrogen and oxygen atoms in total. The molecule has 1 heterocycles. The first-order valence-electron chi connectivity index (χ1n) is 7.56. The molecule has 7 heteroatoms. The molecule has 21 heavy (non-hydrogen) atoms. The van der Waals surface area contributed by atoms with Crippen molar-refractivity contribution >= 4 is 17.9 Å². The molecular weight excluding hydrogens is 274 g/mol. The van der Waals surface area contributed by atoms with E-state index >= 15 is 0 Å². The molecule has 2 N–H and O–H groups in total. The Hall–Kier alpha value is -1.79. The zero-order valence-electron chi connectivity index (χ0n) is 12.8. The molecular formula is C14H25N3O4. The Morgan fingerprint density at radius 1 is 1.29 bits per heavy atom. The topological polar surface area (TPSA) is 90.0 Å². The van der Waals surface area contributed by atoms with Crippen LogP contribution in [0.25, 0.3) is 0 Å². The molecule has 0 aliphatic carbocycles. The fourth-order valence-corrected chi connectivity index (χ4v) is 2.55. The van der Waals surface area contributed by atoms with Crippen LogP contribution in [0.15, 0.2) is 0 Å². The van der Waals surface area contributed by atoms with E-state index in [9.17, 15) is 14.4 Å². The highest BCUT2D eigenvalue weighted by Gasteiger charge is 2.35. The van der Waals surface area contributed by atoms with E-state index in [4.69, 9.17) is 5.11 Å². The maximum atomic E-state index is 12.4. The van der Waals surface area contributed by atoms with E-state index in [1.54, 1.807) is 9.80 Å². The second-order valence-corrected chi connectivity index (χ2v) is 5.09. The molecule has 0 radical (unpaired) electrons. The summed E-state index contributed by atoms with van der Waals surface area (Å²) in [5.74, 6) is -0.877. The molecule has 120 valence electrons. The van der Waals surface area contributed by atoms with Crippen molar-refractivity contribution in [3.63, 3.8) is 0 Å². The van der Waals surface area contributed by atoms with Crippen LogP contribution in [0, 0.1) is 0 Å². The number of carbonyl (C=O) groups excluding carboxylic acids is 2. The predicted molar refractivity (Wildman–Crippen MR) is 77.9 cm³/mol. The lowest BCUT2D eigenvalue weighted by atomic mass is 10.2. The summed E-state index contributed by atoms with van der Waals surface area (Å²) in [5, 5.41) is 11.2. The number of hydrogen-bond acceptors (Lipinski definition) is 3. The molecule has 1 aliphatic rings. The van der Waals surface area contributed by atoms with Crippen LogP contribution >= 0.6 is 0 Å². The lowest BCUT2D eigenvalue weighted by Gasteiger charge is -2.29. The molecule has 1 aliphatic heterocycles. The van der Waals surface area contributed by atoms with Gasteiger partial charge in [-0.1, -0.05) is 0 Å². The normalized spacial score (nSPS) is 17.6. The number of aliphatic carboxylic acids is 1. The SMILES string of the molecule is CCN(CC)C(=O)C1CCCN1C(=O)NCCCC(=O)O. The van der Waals surface area contributed by atoms with Crippen LogP contribution in [0.2, 0.25) is 0 Å². The number of hydrogen-bond donors (Lipinski definition) is 2. The molecule has 0 bridgehead atoms. The van der Waals surface area contributed by atoms with Crippen molar-refractivity contribution < 1.29 is 19.5 Å². The van der Waals surface area contributed by atoms with Crippen molar-refractivity contribution in [3.05, 3.63) is 0 Å². The van der Waals surface area contributed by atoms with Crippen molar-refractivity contribution in [1.82, 2.24) is 15.1 Å². The average molecular weight is 299 g/mol. The van der Waals surface area contributed by atoms with Crippen LogP contribution in [0.5, 0.6) is 0 Å². The maximum absolute atomic E-state index is 12.4. The van der Waals surface area contributed by atoms with Crippen LogP contribution in [-0.2, 0) is 9.59 Å². The monoisotopic (exact) mass is 299 g/mol. The van der Waals surface area contributed by atoms with E-state index in [1.165, 1.54) is 0 Å². The van der Waals surface area contributed by atoms with Gasteiger partial charge >= 0.3 is 12.0 Å². The van der Waals surface area contributed by atoms with Crippen molar-refractivity contribution in [2.24, 2.45) is 0 Å². The zero-order chi connectivity index (χ0) is 15.8. The van der Waals surface area contributed by atoms with Gasteiger partial charge < -0.3 is 20.2 Å². The summed E-state index contributed by atoms with van der Waals surface area (Å²) in [7, 11) is 0. The summed E-state index contributed by atoms with van der Waals surface area (Å²) in [6.45, 7) is 6.01. The van der Waals surface area contributed by atoms with Gasteiger partial charge in [-0.15, -0.1) is 0 Å². The molecule has 0 aromatic rings. The maximum Gasteiger partial charge on any atom is 0.318 e. The van der Waals surface area contributed by atoms with Crippen LogP contribution in [0.1, 0.15) is 39.5 Å². The molecule has 1 fully saturated rings. The van der Waals surface area contributed by atoms with E-state index in [2.05, 4.69) is 5.32 Å². The standard InChI is InChI=1S/C14H25N3O4/c1-3-16(4-2)13(20)11-7-6-10-17(11)14(21)15-9-5-8-12(18)19/h11H,3-10H2,1-2H3,(H,15,21)(H,18,19). The predicted octanol–water partition coefficient (Wildman–Crippen LogP) is 0.894. The Labute approximate surface area is 125 Å². The highest BCUT2D eigenvalue weighted by molar-refractivity contribution is 5.87. The molecule has 0 spiro atoms. The lowest BCUT2D eigenvalue weighted by molar-refractivity contribution is -0.137. The lowest BCUT2D eigenvalue weighted by Crippen LogP contribution is -2.50. The highest BCUT2D eigenvalue weighted by atomic mass is 16.4. The van der Waals surface area contributed by atoms with E-state index in [-0.39, 0.29) is 24.4 Å². The van der Waals surface area contributed by atoms with Crippen LogP contribution < -0.4 is 5.32 Å². The van der Waals surface area contributed by atoms with Gasteiger partial charge in [0.15, 0.2) is 0 Å². The van der Waals surface area contributed by atoms with Gasteiger partial charge in [0.05, 0.1) is 0 Å². The minimum absolute atomic E-state index is 0.00168. The van der Waals surface area contributed by atoms with Crippen LogP contribution in [0.3, 0.4) is 0 Å². The van der Waals surface area contributed by atoms with Gasteiger partial charge in [0.1, 0.15) is 6.04 Å². The highest BCUT2D eigenvalue weighted by Crippen LogP contribution is 2.19. The minimum atomic E-state index is -0.875. The number of urea groups is 1. The molecule has 1 saturated heterocycles. The molecule has 1 unspecified atom stereocenters. The van der Waals surface area contributed by atoms with Crippen LogP contribution in [0.4, 0.5) is 4.79 Å². The Bertz CT molecular complexity index is 382. The quantitative estimate of drug-likeness (QED) is 0.683. The second kappa shape index (κ2) is 8.49. The fourth-order valence-electron chi connectivity index (χ4n) is 2.55. The Morgan fingerprint density at radius 2 is 1.95 bits per heavy atom. The van der Waals surface area contributed by atoms with Gasteiger partial charge in [-0.05, 0) is 33.1 Å². The number of nitrogens with one attached hydrogen (secondary N) is 1. The third-order valence-corrected chi connectivity index (χ3v) is 3.72. The van der Waals surface area contributed by atoms with E-state index in [1.807, 2.05) is 13.8 Å². The third-order valence-electron chi connectivity index (χ3n) is 3.72. The van der Waals surface area contributed by atoms with Crippen LogP contribution in [-0.4, -0.2) is 65.0 Å². The molecule has 0 aromatic carbocycles. The summed E-state index contributed by atoms with van der Waals surface area (Å²) in [5.41, 5.74) is 0. The minimum Gasteiger partial charge on any atom is -0.481 e. The number of carboxylic acids is 1. The molecule has 0 aromatic heterocycles. The van der Waals surface area contributed by atoms with Gasteiger partial charge in [0, 0.05) is 32.6 Å². The van der Waals surface area contributed by atoms with Crippen molar-refractivity contribution in [3.8, 4) is 0 Å². The number of nitrogens with zero attached hydrogens (tertiary/aromatic N) is 2. The molecule has 1 rings (SSSR count). The van der Waals surface area contributed by atoms with Crippen molar-refractivity contribution in [2.45, 2.75) is 45.6 Å². The molecule has 1 atom stereocenters. The second-order valence-electron chi connectivity index (χ2n) is 5.09. The van der Waals surface area contributed by atoms with Gasteiger partial charge in [0.2, 0.25) is 5.91 Å². The fraction of sp³-hybridized carbons (Fsp3) is 0.786. The van der Waals surface area contributed by atoms with E-state index in [0.717, 1.165) is 6.42 Å². The van der Waals surface area contributed by atoms with E-state index in [0.29, 0.717) is 39.0 Å². The largest absolute Gasteiger partial charge is 0.481 e. The molecule has 3 amide bonds. The number of amides is 3. The van der Waals surface area contributed by atoms with Gasteiger partial charge in [-0.25, -0.2) is 4.79 Å². The zero-order valence-corrected chi connectivity index (χ0v) is 12.8.